The maximum absolute atomic E-state index is 8.61. The third-order valence-corrected chi connectivity index (χ3v) is 1.98. The summed E-state index contributed by atoms with van der Waals surface area (Å²) in [5, 5.41) is 15.1. The fourth-order valence-corrected chi connectivity index (χ4v) is 1.25. The molecular formula is C11H8N3. The minimum atomic E-state index is 0.685. The van der Waals surface area contributed by atoms with Gasteiger partial charge in [-0.15, -0.1) is 0 Å². The van der Waals surface area contributed by atoms with Crippen LogP contribution in [0.3, 0.4) is 0 Å². The zero-order valence-corrected chi connectivity index (χ0v) is 7.49. The molecule has 67 valence electrons. The summed E-state index contributed by atoms with van der Waals surface area (Å²) in [6.07, 6.45) is 5.46. The van der Waals surface area contributed by atoms with E-state index in [-0.39, 0.29) is 0 Å². The number of nitrogens with one attached hydrogen (secondary N) is 1. The van der Waals surface area contributed by atoms with Gasteiger partial charge in [0.1, 0.15) is 6.20 Å². The van der Waals surface area contributed by atoms with Crippen LogP contribution in [0.1, 0.15) is 16.7 Å². The van der Waals surface area contributed by atoms with Crippen LogP contribution in [0.2, 0.25) is 0 Å². The van der Waals surface area contributed by atoms with Gasteiger partial charge in [-0.2, -0.15) is 10.4 Å². The van der Waals surface area contributed by atoms with Crippen molar-refractivity contribution >= 4 is 0 Å². The summed E-state index contributed by atoms with van der Waals surface area (Å²) in [6.45, 7) is 0. The summed E-state index contributed by atoms with van der Waals surface area (Å²) in [4.78, 5) is 0. The van der Waals surface area contributed by atoms with Crippen molar-refractivity contribution in [2.75, 3.05) is 0 Å². The average molecular weight is 182 g/mol. The fourth-order valence-electron chi connectivity index (χ4n) is 1.25. The van der Waals surface area contributed by atoms with Crippen molar-refractivity contribution in [3.63, 3.8) is 0 Å². The van der Waals surface area contributed by atoms with Crippen LogP contribution >= 0.6 is 0 Å². The molecule has 0 saturated carbocycles. The van der Waals surface area contributed by atoms with Crippen LogP contribution in [0, 0.1) is 17.5 Å². The van der Waals surface area contributed by atoms with Gasteiger partial charge in [0, 0.05) is 18.2 Å². The maximum Gasteiger partial charge on any atom is 0.116 e. The molecule has 0 fully saturated rings. The molecule has 1 aromatic carbocycles. The smallest absolute Gasteiger partial charge is 0.116 e. The Bertz CT molecular complexity index is 434. The Morgan fingerprint density at radius 2 is 2.14 bits per heavy atom. The lowest BCUT2D eigenvalue weighted by Gasteiger charge is -1.97. The van der Waals surface area contributed by atoms with E-state index >= 15 is 0 Å². The standard InChI is InChI=1S/C11H8N3/c12-6-10-3-1-9(2-4-10)5-11-7-13-14-8-11/h1-4,7H,5H2,(H,13,14). The van der Waals surface area contributed by atoms with Gasteiger partial charge in [0.05, 0.1) is 11.6 Å². The van der Waals surface area contributed by atoms with Crippen LogP contribution < -0.4 is 0 Å². The van der Waals surface area contributed by atoms with Crippen LogP contribution in [0.25, 0.3) is 0 Å². The summed E-state index contributed by atoms with van der Waals surface area (Å²) >= 11 is 0. The van der Waals surface area contributed by atoms with Crippen LogP contribution in [-0.2, 0) is 6.42 Å². The van der Waals surface area contributed by atoms with E-state index < -0.39 is 0 Å². The fraction of sp³-hybridized carbons (Fsp3) is 0.0909. The second-order valence-corrected chi connectivity index (χ2v) is 3.01. The van der Waals surface area contributed by atoms with E-state index in [9.17, 15) is 0 Å². The van der Waals surface area contributed by atoms with E-state index in [1.54, 1.807) is 0 Å². The molecule has 0 aliphatic carbocycles. The van der Waals surface area contributed by atoms with Crippen molar-refractivity contribution in [1.82, 2.24) is 10.2 Å². The van der Waals surface area contributed by atoms with Crippen molar-refractivity contribution in [1.29, 1.82) is 5.26 Å². The molecule has 1 aromatic heterocycles. The second-order valence-electron chi connectivity index (χ2n) is 3.01. The van der Waals surface area contributed by atoms with Gasteiger partial charge in [0.25, 0.3) is 0 Å². The number of hydrogen-bond donors (Lipinski definition) is 1. The van der Waals surface area contributed by atoms with Gasteiger partial charge in [-0.1, -0.05) is 12.1 Å². The predicted octanol–water partition coefficient (Wildman–Crippen LogP) is 1.67. The van der Waals surface area contributed by atoms with E-state index in [4.69, 9.17) is 5.26 Å². The molecule has 3 heteroatoms. The van der Waals surface area contributed by atoms with Gasteiger partial charge in [0.15, 0.2) is 0 Å². The molecule has 0 amide bonds. The molecule has 0 aliphatic rings. The van der Waals surface area contributed by atoms with Crippen LogP contribution in [0.4, 0.5) is 0 Å². The number of rotatable bonds is 2. The zero-order chi connectivity index (χ0) is 9.80. The zero-order valence-electron chi connectivity index (χ0n) is 7.49. The van der Waals surface area contributed by atoms with Crippen LogP contribution in [0.5, 0.6) is 0 Å². The van der Waals surface area contributed by atoms with E-state index in [0.717, 1.165) is 17.5 Å². The van der Waals surface area contributed by atoms with Gasteiger partial charge >= 0.3 is 0 Å². The van der Waals surface area contributed by atoms with Gasteiger partial charge in [-0.25, -0.2) is 0 Å². The molecule has 0 unspecified atom stereocenters. The van der Waals surface area contributed by atoms with Crippen molar-refractivity contribution in [3.05, 3.63) is 53.3 Å². The topological polar surface area (TPSA) is 52.5 Å². The highest BCUT2D eigenvalue weighted by atomic mass is 15.1. The Morgan fingerprint density at radius 3 is 2.71 bits per heavy atom. The Balaban J connectivity index is 2.15. The number of aromatic amines is 1. The summed E-state index contributed by atoms with van der Waals surface area (Å²) in [6, 6.07) is 9.60. The summed E-state index contributed by atoms with van der Waals surface area (Å²) in [5.74, 6) is 0. The average Bonchev–Trinajstić information content (AvgIpc) is 2.72. The number of H-pyrrole nitrogens is 1. The van der Waals surface area contributed by atoms with E-state index in [2.05, 4.69) is 22.5 Å². The van der Waals surface area contributed by atoms with Crippen LogP contribution in [-0.4, -0.2) is 10.2 Å². The van der Waals surface area contributed by atoms with Gasteiger partial charge in [0.2, 0.25) is 0 Å². The Morgan fingerprint density at radius 1 is 1.36 bits per heavy atom. The second kappa shape index (κ2) is 3.75. The SMILES string of the molecule is N#Cc1ccc(Cc2[c]n[nH]c2)cc1. The van der Waals surface area contributed by atoms with E-state index in [1.807, 2.05) is 30.5 Å². The van der Waals surface area contributed by atoms with Crippen molar-refractivity contribution < 1.29 is 0 Å². The minimum Gasteiger partial charge on any atom is -0.285 e. The molecule has 2 rings (SSSR count). The number of aromatic nitrogens is 2. The summed E-state index contributed by atoms with van der Waals surface area (Å²) < 4.78 is 0. The Kier molecular flexibility index (Phi) is 2.28. The largest absolute Gasteiger partial charge is 0.285 e. The highest BCUT2D eigenvalue weighted by Crippen LogP contribution is 2.08. The quantitative estimate of drug-likeness (QED) is 0.768. The third kappa shape index (κ3) is 1.80. The first kappa shape index (κ1) is 8.52. The third-order valence-electron chi connectivity index (χ3n) is 1.98. The lowest BCUT2D eigenvalue weighted by atomic mass is 10.1. The lowest BCUT2D eigenvalue weighted by Crippen LogP contribution is -1.85. The first-order valence-corrected chi connectivity index (χ1v) is 4.28. The van der Waals surface area contributed by atoms with Crippen molar-refractivity contribution in [2.24, 2.45) is 0 Å². The molecule has 0 spiro atoms. The molecule has 0 atom stereocenters. The molecule has 1 radical (unpaired) electrons. The molecule has 3 nitrogen and oxygen atoms in total. The molecule has 0 bridgehead atoms. The van der Waals surface area contributed by atoms with Gasteiger partial charge < -0.3 is 0 Å². The minimum absolute atomic E-state index is 0.685. The molecule has 0 saturated heterocycles. The molecule has 1 heterocycles. The number of hydrogen-bond acceptors (Lipinski definition) is 2. The Labute approximate surface area is 82.0 Å². The highest BCUT2D eigenvalue weighted by molar-refractivity contribution is 5.33. The Hall–Kier alpha value is -2.08. The monoisotopic (exact) mass is 182 g/mol. The maximum atomic E-state index is 8.61. The normalized spacial score (nSPS) is 9.64. The molecule has 2 aromatic rings. The molecule has 14 heavy (non-hydrogen) atoms. The van der Waals surface area contributed by atoms with E-state index in [0.29, 0.717) is 5.56 Å². The van der Waals surface area contributed by atoms with E-state index in [1.165, 1.54) is 0 Å². The lowest BCUT2D eigenvalue weighted by molar-refractivity contribution is 1.08. The molecule has 0 aliphatic heterocycles. The van der Waals surface area contributed by atoms with Gasteiger partial charge in [-0.3, -0.25) is 5.10 Å². The summed E-state index contributed by atoms with van der Waals surface area (Å²) in [7, 11) is 0. The van der Waals surface area contributed by atoms with Gasteiger partial charge in [-0.05, 0) is 17.7 Å². The first-order chi connectivity index (χ1) is 6.88. The summed E-state index contributed by atoms with van der Waals surface area (Å²) in [5.41, 5.74) is 2.86. The van der Waals surface area contributed by atoms with Crippen molar-refractivity contribution in [2.45, 2.75) is 6.42 Å². The molecular weight excluding hydrogens is 174 g/mol. The highest BCUT2D eigenvalue weighted by Gasteiger charge is 1.97. The first-order valence-electron chi connectivity index (χ1n) is 4.28. The number of nitriles is 1. The van der Waals surface area contributed by atoms with Crippen LogP contribution in [0.15, 0.2) is 30.5 Å². The number of nitrogens with zero attached hydrogens (tertiary/aromatic N) is 2. The predicted molar refractivity (Wildman–Crippen MR) is 51.4 cm³/mol. The molecule has 1 N–H and O–H groups in total. The van der Waals surface area contributed by atoms with Crippen molar-refractivity contribution in [3.8, 4) is 6.07 Å². The number of benzene rings is 1.